The number of aryl methyl sites for hydroxylation is 1. The van der Waals surface area contributed by atoms with Gasteiger partial charge in [0, 0.05) is 29.2 Å². The molecule has 2 amide bonds. The third kappa shape index (κ3) is 5.73. The monoisotopic (exact) mass is 455 g/mol. The number of hydrogen-bond acceptors (Lipinski definition) is 3. The van der Waals surface area contributed by atoms with Crippen molar-refractivity contribution in [2.75, 3.05) is 0 Å². The Morgan fingerprint density at radius 3 is 2.30 bits per heavy atom. The molecule has 0 aliphatic carbocycles. The summed E-state index contributed by atoms with van der Waals surface area (Å²) in [6.45, 7) is 4.51. The molecule has 5 nitrogen and oxygen atoms in total. The fraction of sp³-hybridized carbons (Fsp3) is 0.148. The average Bonchev–Trinajstić information content (AvgIpc) is 3.26. The minimum atomic E-state index is -0.259. The molecule has 0 aliphatic heterocycles. The quantitative estimate of drug-likeness (QED) is 0.438. The maximum absolute atomic E-state index is 12.6. The first-order valence-corrected chi connectivity index (χ1v) is 11.6. The number of hydrogen-bond donors (Lipinski definition) is 1. The smallest absolute Gasteiger partial charge is 0.279 e. The second-order valence-corrected chi connectivity index (χ2v) is 8.77. The summed E-state index contributed by atoms with van der Waals surface area (Å²) in [5.41, 5.74) is 4.36. The van der Waals surface area contributed by atoms with Crippen molar-refractivity contribution in [1.82, 2.24) is 9.88 Å². The lowest BCUT2D eigenvalue weighted by atomic mass is 10.1. The van der Waals surface area contributed by atoms with Crippen LogP contribution in [-0.4, -0.2) is 16.4 Å². The van der Waals surface area contributed by atoms with Crippen LogP contribution in [0.1, 0.15) is 50.4 Å². The second-order valence-electron chi connectivity index (χ2n) is 7.90. The van der Waals surface area contributed by atoms with Crippen LogP contribution in [0.5, 0.6) is 0 Å². The molecule has 4 rings (SSSR count). The number of rotatable bonds is 6. The van der Waals surface area contributed by atoms with E-state index >= 15 is 0 Å². The molecule has 33 heavy (non-hydrogen) atoms. The lowest BCUT2D eigenvalue weighted by Gasteiger charge is -2.14. The Bertz CT molecular complexity index is 1300. The molecule has 1 atom stereocenters. The second kappa shape index (κ2) is 10.2. The van der Waals surface area contributed by atoms with Crippen molar-refractivity contribution < 1.29 is 9.59 Å². The number of carbonyl (C=O) groups is 2. The zero-order valence-electron chi connectivity index (χ0n) is 18.6. The Balaban J connectivity index is 1.44. The van der Waals surface area contributed by atoms with Gasteiger partial charge in [-0.05, 0) is 49.2 Å². The summed E-state index contributed by atoms with van der Waals surface area (Å²) < 4.78 is 1.93. The van der Waals surface area contributed by atoms with Crippen molar-refractivity contribution in [3.05, 3.63) is 123 Å². The summed E-state index contributed by atoms with van der Waals surface area (Å²) in [7, 11) is 0. The molecule has 0 saturated heterocycles. The SMILES string of the molecule is Cc1ccc(C(=O)N=c2sccn2Cc2ccc(C(=O)N[C@H](C)c3ccccc3)cc2)cc1. The number of thiazole rings is 1. The topological polar surface area (TPSA) is 63.5 Å². The minimum Gasteiger partial charge on any atom is -0.346 e. The molecule has 0 aliphatic rings. The molecule has 0 unspecified atom stereocenters. The van der Waals surface area contributed by atoms with Gasteiger partial charge in [-0.2, -0.15) is 4.99 Å². The average molecular weight is 456 g/mol. The maximum atomic E-state index is 12.6. The minimum absolute atomic E-state index is 0.0741. The van der Waals surface area contributed by atoms with Crippen LogP contribution in [0.25, 0.3) is 0 Å². The highest BCUT2D eigenvalue weighted by Crippen LogP contribution is 2.13. The molecule has 0 bridgehead atoms. The number of nitrogens with zero attached hydrogens (tertiary/aromatic N) is 2. The highest BCUT2D eigenvalue weighted by Gasteiger charge is 2.11. The van der Waals surface area contributed by atoms with E-state index in [9.17, 15) is 9.59 Å². The molecule has 1 heterocycles. The van der Waals surface area contributed by atoms with Crippen molar-refractivity contribution in [1.29, 1.82) is 0 Å². The zero-order chi connectivity index (χ0) is 23.2. The van der Waals surface area contributed by atoms with E-state index in [1.165, 1.54) is 11.3 Å². The number of aromatic nitrogens is 1. The third-order valence-corrected chi connectivity index (χ3v) is 6.17. The number of amides is 2. The van der Waals surface area contributed by atoms with E-state index in [2.05, 4.69) is 10.3 Å². The van der Waals surface area contributed by atoms with Gasteiger partial charge in [0.2, 0.25) is 0 Å². The van der Waals surface area contributed by atoms with Crippen molar-refractivity contribution in [3.8, 4) is 0 Å². The molecule has 6 heteroatoms. The van der Waals surface area contributed by atoms with Gasteiger partial charge < -0.3 is 9.88 Å². The molecule has 0 radical (unpaired) electrons. The molecule has 0 spiro atoms. The van der Waals surface area contributed by atoms with Crippen molar-refractivity contribution in [3.63, 3.8) is 0 Å². The van der Waals surface area contributed by atoms with Gasteiger partial charge in [-0.3, -0.25) is 9.59 Å². The lowest BCUT2D eigenvalue weighted by molar-refractivity contribution is 0.0938. The molecular weight excluding hydrogens is 430 g/mol. The van der Waals surface area contributed by atoms with Gasteiger partial charge in [-0.15, -0.1) is 11.3 Å². The number of nitrogens with one attached hydrogen (secondary N) is 1. The summed E-state index contributed by atoms with van der Waals surface area (Å²) >= 11 is 1.42. The first-order valence-electron chi connectivity index (χ1n) is 10.7. The zero-order valence-corrected chi connectivity index (χ0v) is 19.4. The number of carbonyl (C=O) groups excluding carboxylic acids is 2. The van der Waals surface area contributed by atoms with E-state index in [0.717, 1.165) is 16.7 Å². The molecule has 0 saturated carbocycles. The van der Waals surface area contributed by atoms with E-state index in [4.69, 9.17) is 0 Å². The van der Waals surface area contributed by atoms with E-state index in [1.807, 2.05) is 96.7 Å². The Morgan fingerprint density at radius 1 is 0.939 bits per heavy atom. The van der Waals surface area contributed by atoms with Crippen molar-refractivity contribution in [2.45, 2.75) is 26.4 Å². The fourth-order valence-corrected chi connectivity index (χ4v) is 4.14. The molecule has 4 aromatic rings. The Morgan fingerprint density at radius 2 is 1.61 bits per heavy atom. The van der Waals surface area contributed by atoms with Gasteiger partial charge in [0.05, 0.1) is 6.04 Å². The molecule has 1 aromatic heterocycles. The molecule has 166 valence electrons. The summed E-state index contributed by atoms with van der Waals surface area (Å²) in [6.07, 6.45) is 1.91. The van der Waals surface area contributed by atoms with E-state index in [-0.39, 0.29) is 17.9 Å². The van der Waals surface area contributed by atoms with E-state index in [0.29, 0.717) is 22.5 Å². The Hall–Kier alpha value is -3.77. The summed E-state index contributed by atoms with van der Waals surface area (Å²) in [5, 5.41) is 4.94. The van der Waals surface area contributed by atoms with Gasteiger partial charge in [-0.25, -0.2) is 0 Å². The Kier molecular flexibility index (Phi) is 6.95. The first-order chi connectivity index (χ1) is 16.0. The van der Waals surface area contributed by atoms with E-state index < -0.39 is 0 Å². The van der Waals surface area contributed by atoms with Crippen LogP contribution in [0.15, 0.2) is 95.4 Å². The van der Waals surface area contributed by atoms with Gasteiger partial charge in [0.15, 0.2) is 4.80 Å². The predicted octanol–water partition coefficient (Wildman–Crippen LogP) is 5.14. The van der Waals surface area contributed by atoms with Crippen molar-refractivity contribution in [2.24, 2.45) is 4.99 Å². The lowest BCUT2D eigenvalue weighted by Crippen LogP contribution is -2.26. The fourth-order valence-electron chi connectivity index (χ4n) is 3.42. The third-order valence-electron chi connectivity index (χ3n) is 5.37. The van der Waals surface area contributed by atoms with Crippen LogP contribution < -0.4 is 10.1 Å². The van der Waals surface area contributed by atoms with Gasteiger partial charge in [-0.1, -0.05) is 60.2 Å². The summed E-state index contributed by atoms with van der Waals surface area (Å²) in [5.74, 6) is -0.369. The summed E-state index contributed by atoms with van der Waals surface area (Å²) in [4.78, 5) is 30.1. The van der Waals surface area contributed by atoms with Gasteiger partial charge in [0.1, 0.15) is 0 Å². The normalized spacial score (nSPS) is 12.4. The van der Waals surface area contributed by atoms with E-state index in [1.54, 1.807) is 12.1 Å². The van der Waals surface area contributed by atoms with Crippen LogP contribution in [0.4, 0.5) is 0 Å². The molecular formula is C27H25N3O2S. The molecule has 1 N–H and O–H groups in total. The molecule has 3 aromatic carbocycles. The Labute approximate surface area is 197 Å². The van der Waals surface area contributed by atoms with Crippen LogP contribution >= 0.6 is 11.3 Å². The standard InChI is InChI=1S/C27H25N3O2S/c1-19-8-12-23(13-9-19)26(32)29-27-30(16-17-33-27)18-21-10-14-24(15-11-21)25(31)28-20(2)22-6-4-3-5-7-22/h3-17,20H,18H2,1-2H3,(H,28,31)/t20-/m1/s1. The predicted molar refractivity (Wildman–Crippen MR) is 131 cm³/mol. The van der Waals surface area contributed by atoms with Crippen LogP contribution in [0.2, 0.25) is 0 Å². The number of benzene rings is 3. The van der Waals surface area contributed by atoms with Crippen LogP contribution in [0, 0.1) is 6.92 Å². The summed E-state index contributed by atoms with van der Waals surface area (Å²) in [6, 6.07) is 24.7. The first kappa shape index (κ1) is 22.4. The maximum Gasteiger partial charge on any atom is 0.279 e. The van der Waals surface area contributed by atoms with Gasteiger partial charge >= 0.3 is 0 Å². The highest BCUT2D eigenvalue weighted by molar-refractivity contribution is 7.07. The van der Waals surface area contributed by atoms with Crippen LogP contribution in [-0.2, 0) is 6.54 Å². The van der Waals surface area contributed by atoms with Gasteiger partial charge in [0.25, 0.3) is 11.8 Å². The highest BCUT2D eigenvalue weighted by atomic mass is 32.1. The molecule has 0 fully saturated rings. The van der Waals surface area contributed by atoms with Crippen LogP contribution in [0.3, 0.4) is 0 Å². The van der Waals surface area contributed by atoms with Crippen molar-refractivity contribution >= 4 is 23.2 Å². The largest absolute Gasteiger partial charge is 0.346 e.